The number of para-hydroxylation sites is 1. The van der Waals surface area contributed by atoms with Gasteiger partial charge in [-0.15, -0.1) is 0 Å². The maximum atomic E-state index is 13.0. The highest BCUT2D eigenvalue weighted by atomic mass is 16.4. The zero-order valence-electron chi connectivity index (χ0n) is 14.7. The molecule has 1 aliphatic heterocycles. The summed E-state index contributed by atoms with van der Waals surface area (Å²) < 4.78 is 0. The Morgan fingerprint density at radius 2 is 1.92 bits per heavy atom. The average molecular weight is 344 g/mol. The fourth-order valence-electron chi connectivity index (χ4n) is 3.43. The van der Waals surface area contributed by atoms with Crippen molar-refractivity contribution in [1.82, 2.24) is 4.90 Å². The van der Waals surface area contributed by atoms with Gasteiger partial charge in [-0.05, 0) is 44.7 Å². The van der Waals surface area contributed by atoms with Crippen LogP contribution in [0.5, 0.6) is 0 Å². The second kappa shape index (κ2) is 6.50. The van der Waals surface area contributed by atoms with Crippen LogP contribution in [0.3, 0.4) is 0 Å². The largest absolute Gasteiger partial charge is 0.481 e. The molecule has 1 N–H and O–H groups in total. The van der Waals surface area contributed by atoms with Crippen molar-refractivity contribution in [2.45, 2.75) is 32.6 Å². The molecule has 1 saturated carbocycles. The Bertz CT molecular complexity index is 713. The predicted molar refractivity (Wildman–Crippen MR) is 93.5 cm³/mol. The Kier molecular flexibility index (Phi) is 4.54. The molecule has 2 amide bonds. The maximum absolute atomic E-state index is 13.0. The lowest BCUT2D eigenvalue weighted by atomic mass is 9.82. The molecule has 1 aliphatic carbocycles. The number of aliphatic carboxylic acids is 1. The smallest absolute Gasteiger partial charge is 0.311 e. The van der Waals surface area contributed by atoms with Crippen LogP contribution in [0.2, 0.25) is 0 Å². The molecule has 1 atom stereocenters. The van der Waals surface area contributed by atoms with Crippen molar-refractivity contribution in [3.05, 3.63) is 29.8 Å². The van der Waals surface area contributed by atoms with Gasteiger partial charge in [0.1, 0.15) is 0 Å². The zero-order valence-corrected chi connectivity index (χ0v) is 14.7. The molecule has 1 unspecified atom stereocenters. The first-order valence-corrected chi connectivity index (χ1v) is 8.73. The van der Waals surface area contributed by atoms with Gasteiger partial charge >= 0.3 is 5.97 Å². The SMILES string of the molecule is CN(C(=O)C1CC1)c1ccccc1C(=O)N1CCCC(C)(C(=O)O)C1. The van der Waals surface area contributed by atoms with E-state index in [1.54, 1.807) is 48.0 Å². The van der Waals surface area contributed by atoms with Gasteiger partial charge in [0.25, 0.3) is 5.91 Å². The van der Waals surface area contributed by atoms with Crippen molar-refractivity contribution in [2.24, 2.45) is 11.3 Å². The molecular weight excluding hydrogens is 320 g/mol. The number of piperidine rings is 1. The molecule has 6 nitrogen and oxygen atoms in total. The van der Waals surface area contributed by atoms with E-state index in [0.29, 0.717) is 30.6 Å². The first-order chi connectivity index (χ1) is 11.8. The lowest BCUT2D eigenvalue weighted by molar-refractivity contribution is -0.150. The predicted octanol–water partition coefficient (Wildman–Crippen LogP) is 2.39. The van der Waals surface area contributed by atoms with Gasteiger partial charge in [-0.1, -0.05) is 12.1 Å². The van der Waals surface area contributed by atoms with E-state index in [1.807, 2.05) is 0 Å². The number of hydrogen-bond acceptors (Lipinski definition) is 3. The number of amides is 2. The summed E-state index contributed by atoms with van der Waals surface area (Å²) in [5.74, 6) is -0.981. The Hall–Kier alpha value is -2.37. The number of rotatable bonds is 4. The molecule has 6 heteroatoms. The monoisotopic (exact) mass is 344 g/mol. The van der Waals surface area contributed by atoms with Gasteiger partial charge in [0, 0.05) is 26.1 Å². The number of nitrogens with zero attached hydrogens (tertiary/aromatic N) is 2. The summed E-state index contributed by atoms with van der Waals surface area (Å²) in [7, 11) is 1.70. The lowest BCUT2D eigenvalue weighted by Crippen LogP contribution is -2.48. The highest BCUT2D eigenvalue weighted by molar-refractivity contribution is 6.05. The van der Waals surface area contributed by atoms with Gasteiger partial charge in [-0.2, -0.15) is 0 Å². The van der Waals surface area contributed by atoms with Crippen LogP contribution in [0.15, 0.2) is 24.3 Å². The molecule has 3 rings (SSSR count). The quantitative estimate of drug-likeness (QED) is 0.910. The molecule has 1 heterocycles. The Morgan fingerprint density at radius 3 is 2.56 bits per heavy atom. The Labute approximate surface area is 147 Å². The fourth-order valence-corrected chi connectivity index (χ4v) is 3.43. The van der Waals surface area contributed by atoms with E-state index >= 15 is 0 Å². The number of anilines is 1. The number of benzene rings is 1. The first kappa shape index (κ1) is 17.5. The van der Waals surface area contributed by atoms with Gasteiger partial charge in [0.2, 0.25) is 5.91 Å². The zero-order chi connectivity index (χ0) is 18.2. The molecular formula is C19H24N2O4. The third kappa shape index (κ3) is 3.38. The van der Waals surface area contributed by atoms with Crippen LogP contribution in [0.4, 0.5) is 5.69 Å². The third-order valence-corrected chi connectivity index (χ3v) is 5.25. The minimum Gasteiger partial charge on any atom is -0.481 e. The molecule has 1 saturated heterocycles. The molecule has 0 bridgehead atoms. The summed E-state index contributed by atoms with van der Waals surface area (Å²) >= 11 is 0. The minimum absolute atomic E-state index is 0.0364. The van der Waals surface area contributed by atoms with Crippen molar-refractivity contribution < 1.29 is 19.5 Å². The summed E-state index contributed by atoms with van der Waals surface area (Å²) in [6, 6.07) is 7.06. The van der Waals surface area contributed by atoms with E-state index in [0.717, 1.165) is 12.8 Å². The summed E-state index contributed by atoms with van der Waals surface area (Å²) in [5, 5.41) is 9.46. The molecule has 0 spiro atoms. The van der Waals surface area contributed by atoms with Gasteiger partial charge in [-0.3, -0.25) is 14.4 Å². The highest BCUT2D eigenvalue weighted by Gasteiger charge is 2.40. The molecule has 2 aliphatic rings. The summed E-state index contributed by atoms with van der Waals surface area (Å²) in [5.41, 5.74) is 0.124. The normalized spacial score (nSPS) is 23.2. The molecule has 2 fully saturated rings. The second-order valence-electron chi connectivity index (χ2n) is 7.38. The second-order valence-corrected chi connectivity index (χ2v) is 7.38. The molecule has 1 aromatic carbocycles. The van der Waals surface area contributed by atoms with Gasteiger partial charge in [-0.25, -0.2) is 0 Å². The van der Waals surface area contributed by atoms with E-state index in [1.165, 1.54) is 0 Å². The number of carboxylic acid groups (broad SMARTS) is 1. The number of carboxylic acids is 1. The van der Waals surface area contributed by atoms with E-state index < -0.39 is 11.4 Å². The van der Waals surface area contributed by atoms with Crippen molar-refractivity contribution in [3.8, 4) is 0 Å². The van der Waals surface area contributed by atoms with Gasteiger partial charge in [0.15, 0.2) is 0 Å². The van der Waals surface area contributed by atoms with E-state index in [-0.39, 0.29) is 24.3 Å². The molecule has 0 aromatic heterocycles. The van der Waals surface area contributed by atoms with Crippen molar-refractivity contribution in [2.75, 3.05) is 25.0 Å². The van der Waals surface area contributed by atoms with Crippen LogP contribution in [-0.4, -0.2) is 47.9 Å². The highest BCUT2D eigenvalue weighted by Crippen LogP contribution is 2.34. The summed E-state index contributed by atoms with van der Waals surface area (Å²) in [6.45, 7) is 2.41. The van der Waals surface area contributed by atoms with E-state index in [2.05, 4.69) is 0 Å². The fraction of sp³-hybridized carbons (Fsp3) is 0.526. The number of carbonyl (C=O) groups excluding carboxylic acids is 2. The maximum Gasteiger partial charge on any atom is 0.311 e. The van der Waals surface area contributed by atoms with Crippen LogP contribution in [0, 0.1) is 11.3 Å². The molecule has 1 aromatic rings. The average Bonchev–Trinajstić information content (AvgIpc) is 3.45. The summed E-state index contributed by atoms with van der Waals surface area (Å²) in [6.07, 6.45) is 3.03. The Balaban J connectivity index is 1.85. The van der Waals surface area contributed by atoms with Gasteiger partial charge < -0.3 is 14.9 Å². The molecule has 25 heavy (non-hydrogen) atoms. The van der Waals surface area contributed by atoms with Crippen LogP contribution >= 0.6 is 0 Å². The van der Waals surface area contributed by atoms with Gasteiger partial charge in [0.05, 0.1) is 16.7 Å². The summed E-state index contributed by atoms with van der Waals surface area (Å²) in [4.78, 5) is 40.1. The number of carbonyl (C=O) groups is 3. The van der Waals surface area contributed by atoms with Crippen LogP contribution in [0.1, 0.15) is 43.0 Å². The van der Waals surface area contributed by atoms with Crippen molar-refractivity contribution in [3.63, 3.8) is 0 Å². The van der Waals surface area contributed by atoms with E-state index in [9.17, 15) is 19.5 Å². The van der Waals surface area contributed by atoms with Crippen molar-refractivity contribution >= 4 is 23.5 Å². The number of hydrogen-bond donors (Lipinski definition) is 1. The minimum atomic E-state index is -0.918. The standard InChI is InChI=1S/C19H24N2O4/c1-19(18(24)25)10-5-11-21(12-19)17(23)14-6-3-4-7-15(14)20(2)16(22)13-8-9-13/h3-4,6-7,13H,5,8-12H2,1-2H3,(H,24,25). The molecule has 134 valence electrons. The lowest BCUT2D eigenvalue weighted by Gasteiger charge is -2.38. The number of likely N-dealkylation sites (tertiary alicyclic amines) is 1. The topological polar surface area (TPSA) is 77.9 Å². The third-order valence-electron chi connectivity index (χ3n) is 5.25. The van der Waals surface area contributed by atoms with Crippen molar-refractivity contribution in [1.29, 1.82) is 0 Å². The van der Waals surface area contributed by atoms with Crippen LogP contribution in [-0.2, 0) is 9.59 Å². The van der Waals surface area contributed by atoms with E-state index in [4.69, 9.17) is 0 Å². The van der Waals surface area contributed by atoms with Crippen LogP contribution in [0.25, 0.3) is 0 Å². The Morgan fingerprint density at radius 1 is 1.24 bits per heavy atom. The first-order valence-electron chi connectivity index (χ1n) is 8.73. The molecule has 0 radical (unpaired) electrons. The van der Waals surface area contributed by atoms with Crippen LogP contribution < -0.4 is 4.90 Å².